The van der Waals surface area contributed by atoms with Crippen molar-refractivity contribution in [3.63, 3.8) is 0 Å². The summed E-state index contributed by atoms with van der Waals surface area (Å²) in [6, 6.07) is 7.60. The number of nitrogens with two attached hydrogens (primary N) is 1. The van der Waals surface area contributed by atoms with Crippen LogP contribution < -0.4 is 5.73 Å². The Morgan fingerprint density at radius 3 is 2.53 bits per heavy atom. The van der Waals surface area contributed by atoms with Gasteiger partial charge in [0.1, 0.15) is 0 Å². The molecule has 0 aliphatic carbocycles. The molecule has 2 N–H and O–H groups in total. The average Bonchev–Trinajstić information content (AvgIpc) is 2.29. The SMILES string of the molecule is COC(=O)C[C@H](N)c1ccc(SC)cc1. The molecule has 0 radical (unpaired) electrons. The van der Waals surface area contributed by atoms with Gasteiger partial charge in [-0.15, -0.1) is 11.8 Å². The lowest BCUT2D eigenvalue weighted by Crippen LogP contribution is -2.16. The quantitative estimate of drug-likeness (QED) is 0.628. The van der Waals surface area contributed by atoms with Gasteiger partial charge in [-0.1, -0.05) is 12.1 Å². The first kappa shape index (κ1) is 12.1. The van der Waals surface area contributed by atoms with Gasteiger partial charge in [-0.2, -0.15) is 0 Å². The van der Waals surface area contributed by atoms with E-state index in [0.717, 1.165) is 5.56 Å². The summed E-state index contributed by atoms with van der Waals surface area (Å²) in [5.74, 6) is -0.281. The predicted molar refractivity (Wildman–Crippen MR) is 61.8 cm³/mol. The van der Waals surface area contributed by atoms with E-state index in [-0.39, 0.29) is 18.4 Å². The number of methoxy groups -OCH3 is 1. The van der Waals surface area contributed by atoms with Gasteiger partial charge in [0.05, 0.1) is 13.5 Å². The van der Waals surface area contributed by atoms with Crippen LogP contribution in [0.1, 0.15) is 18.0 Å². The van der Waals surface area contributed by atoms with E-state index in [4.69, 9.17) is 5.73 Å². The van der Waals surface area contributed by atoms with Crippen molar-refractivity contribution in [2.24, 2.45) is 5.73 Å². The van der Waals surface area contributed by atoms with Crippen molar-refractivity contribution >= 4 is 17.7 Å². The summed E-state index contributed by atoms with van der Waals surface area (Å²) < 4.78 is 4.56. The Morgan fingerprint density at radius 1 is 1.47 bits per heavy atom. The molecule has 0 spiro atoms. The van der Waals surface area contributed by atoms with Gasteiger partial charge >= 0.3 is 5.97 Å². The summed E-state index contributed by atoms with van der Waals surface area (Å²) in [6.45, 7) is 0. The first-order chi connectivity index (χ1) is 7.17. The molecule has 15 heavy (non-hydrogen) atoms. The van der Waals surface area contributed by atoms with Crippen molar-refractivity contribution in [1.82, 2.24) is 0 Å². The first-order valence-electron chi connectivity index (χ1n) is 4.63. The van der Waals surface area contributed by atoms with E-state index in [2.05, 4.69) is 4.74 Å². The van der Waals surface area contributed by atoms with Crippen LogP contribution in [0.25, 0.3) is 0 Å². The summed E-state index contributed by atoms with van der Waals surface area (Å²) in [6.07, 6.45) is 2.23. The largest absolute Gasteiger partial charge is 0.469 e. The minimum absolute atomic E-state index is 0.217. The van der Waals surface area contributed by atoms with Crippen LogP contribution in [0.2, 0.25) is 0 Å². The molecule has 0 saturated carbocycles. The standard InChI is InChI=1S/C11H15NO2S/c1-14-11(13)7-10(12)8-3-5-9(15-2)6-4-8/h3-6,10H,7,12H2,1-2H3/t10-/m0/s1. The smallest absolute Gasteiger partial charge is 0.307 e. The Hall–Kier alpha value is -1.00. The second-order valence-corrected chi connectivity index (χ2v) is 4.04. The van der Waals surface area contributed by atoms with Gasteiger partial charge in [0, 0.05) is 10.9 Å². The highest BCUT2D eigenvalue weighted by molar-refractivity contribution is 7.98. The summed E-state index contributed by atoms with van der Waals surface area (Å²) in [5.41, 5.74) is 6.81. The molecular weight excluding hydrogens is 210 g/mol. The fourth-order valence-electron chi connectivity index (χ4n) is 1.23. The molecule has 0 aliphatic rings. The average molecular weight is 225 g/mol. The summed E-state index contributed by atoms with van der Waals surface area (Å²) in [5, 5.41) is 0. The van der Waals surface area contributed by atoms with Crippen LogP contribution in [0.4, 0.5) is 0 Å². The third kappa shape index (κ3) is 3.57. The molecular formula is C11H15NO2S. The van der Waals surface area contributed by atoms with Crippen LogP contribution in [0, 0.1) is 0 Å². The number of benzene rings is 1. The molecule has 0 bridgehead atoms. The van der Waals surface area contributed by atoms with Crippen LogP contribution in [0.15, 0.2) is 29.2 Å². The summed E-state index contributed by atoms with van der Waals surface area (Å²) >= 11 is 1.68. The third-order valence-electron chi connectivity index (χ3n) is 2.16. The van der Waals surface area contributed by atoms with Crippen molar-refractivity contribution in [3.05, 3.63) is 29.8 Å². The van der Waals surface area contributed by atoms with Gasteiger partial charge in [0.2, 0.25) is 0 Å². The van der Waals surface area contributed by atoms with Gasteiger partial charge in [0.25, 0.3) is 0 Å². The highest BCUT2D eigenvalue weighted by atomic mass is 32.2. The number of esters is 1. The van der Waals surface area contributed by atoms with Crippen LogP contribution >= 0.6 is 11.8 Å². The van der Waals surface area contributed by atoms with E-state index in [9.17, 15) is 4.79 Å². The van der Waals surface area contributed by atoms with Crippen LogP contribution in [0.3, 0.4) is 0 Å². The third-order valence-corrected chi connectivity index (χ3v) is 2.90. The van der Waals surface area contributed by atoms with Gasteiger partial charge in [-0.25, -0.2) is 0 Å². The zero-order chi connectivity index (χ0) is 11.3. The van der Waals surface area contributed by atoms with Crippen molar-refractivity contribution in [2.45, 2.75) is 17.4 Å². The molecule has 0 saturated heterocycles. The lowest BCUT2D eigenvalue weighted by atomic mass is 10.1. The number of hydrogen-bond acceptors (Lipinski definition) is 4. The summed E-state index contributed by atoms with van der Waals surface area (Å²) in [7, 11) is 1.37. The van der Waals surface area contributed by atoms with Gasteiger partial charge < -0.3 is 10.5 Å². The van der Waals surface area contributed by atoms with E-state index < -0.39 is 0 Å². The fourth-order valence-corrected chi connectivity index (χ4v) is 1.64. The maximum absolute atomic E-state index is 11.0. The van der Waals surface area contributed by atoms with Crippen LogP contribution in [-0.4, -0.2) is 19.3 Å². The lowest BCUT2D eigenvalue weighted by molar-refractivity contribution is -0.141. The van der Waals surface area contributed by atoms with E-state index in [1.807, 2.05) is 30.5 Å². The van der Waals surface area contributed by atoms with Crippen molar-refractivity contribution < 1.29 is 9.53 Å². The topological polar surface area (TPSA) is 52.3 Å². The monoisotopic (exact) mass is 225 g/mol. The van der Waals surface area contributed by atoms with Crippen LogP contribution in [0.5, 0.6) is 0 Å². The molecule has 4 heteroatoms. The molecule has 0 aromatic heterocycles. The molecule has 0 unspecified atom stereocenters. The van der Waals surface area contributed by atoms with Gasteiger partial charge in [-0.05, 0) is 24.0 Å². The van der Waals surface area contributed by atoms with Gasteiger partial charge in [0.15, 0.2) is 0 Å². The molecule has 0 heterocycles. The molecule has 1 atom stereocenters. The predicted octanol–water partition coefficient (Wildman–Crippen LogP) is 1.97. The fraction of sp³-hybridized carbons (Fsp3) is 0.364. The summed E-state index contributed by atoms with van der Waals surface area (Å²) in [4.78, 5) is 12.2. The Morgan fingerprint density at radius 2 is 2.07 bits per heavy atom. The Kier molecular flexibility index (Phi) is 4.65. The molecule has 82 valence electrons. The minimum Gasteiger partial charge on any atom is -0.469 e. The van der Waals surface area contributed by atoms with E-state index in [0.29, 0.717) is 0 Å². The highest BCUT2D eigenvalue weighted by Crippen LogP contribution is 2.19. The molecule has 0 fully saturated rings. The van der Waals surface area contributed by atoms with Gasteiger partial charge in [-0.3, -0.25) is 4.79 Å². The number of thioether (sulfide) groups is 1. The van der Waals surface area contributed by atoms with Crippen LogP contribution in [-0.2, 0) is 9.53 Å². The maximum atomic E-state index is 11.0. The van der Waals surface area contributed by atoms with Crippen molar-refractivity contribution in [3.8, 4) is 0 Å². The Labute approximate surface area is 94.0 Å². The molecule has 0 amide bonds. The minimum atomic E-state index is -0.284. The molecule has 1 rings (SSSR count). The zero-order valence-corrected chi connectivity index (χ0v) is 9.71. The molecule has 1 aromatic carbocycles. The number of carbonyl (C=O) groups excluding carboxylic acids is 1. The highest BCUT2D eigenvalue weighted by Gasteiger charge is 2.11. The molecule has 1 aromatic rings. The van der Waals surface area contributed by atoms with E-state index >= 15 is 0 Å². The van der Waals surface area contributed by atoms with E-state index in [1.54, 1.807) is 11.8 Å². The second kappa shape index (κ2) is 5.78. The second-order valence-electron chi connectivity index (χ2n) is 3.16. The number of ether oxygens (including phenoxy) is 1. The number of hydrogen-bond donors (Lipinski definition) is 1. The first-order valence-corrected chi connectivity index (χ1v) is 5.86. The van der Waals surface area contributed by atoms with Crippen molar-refractivity contribution in [2.75, 3.05) is 13.4 Å². The van der Waals surface area contributed by atoms with E-state index in [1.165, 1.54) is 12.0 Å². The Balaban J connectivity index is 2.65. The number of rotatable bonds is 4. The number of carbonyl (C=O) groups is 1. The van der Waals surface area contributed by atoms with Crippen molar-refractivity contribution in [1.29, 1.82) is 0 Å². The molecule has 3 nitrogen and oxygen atoms in total. The Bertz CT molecular complexity index is 324. The lowest BCUT2D eigenvalue weighted by Gasteiger charge is -2.10. The zero-order valence-electron chi connectivity index (χ0n) is 8.90. The molecule has 0 aliphatic heterocycles. The maximum Gasteiger partial charge on any atom is 0.307 e. The normalized spacial score (nSPS) is 12.2.